The lowest BCUT2D eigenvalue weighted by atomic mass is 9.93. The van der Waals surface area contributed by atoms with Gasteiger partial charge in [-0.05, 0) is 56.5 Å². The third-order valence-corrected chi connectivity index (χ3v) is 6.08. The molecule has 0 aromatic heterocycles. The molecule has 0 radical (unpaired) electrons. The summed E-state index contributed by atoms with van der Waals surface area (Å²) in [5.41, 5.74) is 2.49. The molecule has 0 saturated carbocycles. The molecule has 1 atom stereocenters. The van der Waals surface area contributed by atoms with Crippen molar-refractivity contribution in [3.63, 3.8) is 0 Å². The molecule has 2 heterocycles. The summed E-state index contributed by atoms with van der Waals surface area (Å²) in [6.45, 7) is 8.27. The molecule has 31 heavy (non-hydrogen) atoms. The number of unbranched alkanes of at least 4 members (excludes halogenated alkanes) is 1. The van der Waals surface area contributed by atoms with E-state index in [2.05, 4.69) is 22.5 Å². The first-order valence-corrected chi connectivity index (χ1v) is 11.3. The average molecular weight is 424 g/mol. The van der Waals surface area contributed by atoms with Crippen LogP contribution in [0, 0.1) is 0 Å². The van der Waals surface area contributed by atoms with Crippen LogP contribution in [-0.2, 0) is 11.3 Å². The average Bonchev–Trinajstić information content (AvgIpc) is 2.81. The van der Waals surface area contributed by atoms with Crippen molar-refractivity contribution in [2.45, 2.75) is 38.3 Å². The van der Waals surface area contributed by atoms with Crippen molar-refractivity contribution < 1.29 is 14.3 Å². The van der Waals surface area contributed by atoms with Crippen molar-refractivity contribution in [3.8, 4) is 5.75 Å². The predicted molar refractivity (Wildman–Crippen MR) is 123 cm³/mol. The van der Waals surface area contributed by atoms with Gasteiger partial charge in [-0.25, -0.2) is 0 Å². The number of morpholine rings is 1. The number of benzene rings is 2. The Kier molecular flexibility index (Phi) is 7.10. The van der Waals surface area contributed by atoms with Crippen LogP contribution in [0.5, 0.6) is 5.75 Å². The van der Waals surface area contributed by atoms with Crippen LogP contribution in [-0.4, -0.2) is 55.8 Å². The molecular weight excluding hydrogens is 390 g/mol. The zero-order valence-electron chi connectivity index (χ0n) is 18.4. The molecule has 2 aromatic carbocycles. The molecule has 6 nitrogen and oxygen atoms in total. The lowest BCUT2D eigenvalue weighted by Crippen LogP contribution is -2.44. The number of nitrogens with one attached hydrogen (secondary N) is 2. The van der Waals surface area contributed by atoms with E-state index in [9.17, 15) is 4.79 Å². The van der Waals surface area contributed by atoms with Gasteiger partial charge in [-0.1, -0.05) is 30.3 Å². The number of hydrogen-bond acceptors (Lipinski definition) is 5. The van der Waals surface area contributed by atoms with Crippen molar-refractivity contribution in [3.05, 3.63) is 59.7 Å². The van der Waals surface area contributed by atoms with E-state index in [1.807, 2.05) is 48.5 Å². The number of anilines is 1. The summed E-state index contributed by atoms with van der Waals surface area (Å²) in [7, 11) is 0. The second kappa shape index (κ2) is 10.2. The number of ether oxygens (including phenoxy) is 2. The van der Waals surface area contributed by atoms with Gasteiger partial charge < -0.3 is 20.1 Å². The summed E-state index contributed by atoms with van der Waals surface area (Å²) in [6.07, 6.45) is 3.34. The third kappa shape index (κ3) is 5.99. The van der Waals surface area contributed by atoms with Crippen molar-refractivity contribution in [1.29, 1.82) is 0 Å². The van der Waals surface area contributed by atoms with Crippen LogP contribution in [0.4, 0.5) is 5.69 Å². The first kappa shape index (κ1) is 21.7. The van der Waals surface area contributed by atoms with Gasteiger partial charge >= 0.3 is 0 Å². The molecule has 0 spiro atoms. The summed E-state index contributed by atoms with van der Waals surface area (Å²) < 4.78 is 11.4. The minimum absolute atomic E-state index is 0.0776. The molecule has 2 N–H and O–H groups in total. The minimum atomic E-state index is -0.128. The maximum atomic E-state index is 12.6. The number of fused-ring (bicyclic) bond motifs is 1. The fourth-order valence-electron chi connectivity index (χ4n) is 4.18. The fourth-order valence-corrected chi connectivity index (χ4v) is 4.18. The van der Waals surface area contributed by atoms with Crippen LogP contribution in [0.2, 0.25) is 0 Å². The van der Waals surface area contributed by atoms with E-state index in [4.69, 9.17) is 9.47 Å². The highest BCUT2D eigenvalue weighted by Gasteiger charge is 2.30. The molecule has 6 heteroatoms. The number of nitrogens with zero attached hydrogens (tertiary/aromatic N) is 1. The second-order valence-electron chi connectivity index (χ2n) is 8.76. The topological polar surface area (TPSA) is 62.8 Å². The zero-order valence-corrected chi connectivity index (χ0v) is 18.4. The Labute approximate surface area is 184 Å². The van der Waals surface area contributed by atoms with Crippen LogP contribution < -0.4 is 15.4 Å². The molecule has 1 unspecified atom stereocenters. The highest BCUT2D eigenvalue weighted by atomic mass is 16.5. The standard InChI is InChI=1S/C25H33N3O3/c1-25(11-5-6-12-28-13-15-30-16-14-28)19-31-23-10-9-21(17-22(23)27-25)24(29)26-18-20-7-3-2-4-8-20/h2-4,7-10,17,27H,5-6,11-16,18-19H2,1H3,(H,26,29). The largest absolute Gasteiger partial charge is 0.489 e. The number of hydrogen-bond donors (Lipinski definition) is 2. The van der Waals surface area contributed by atoms with E-state index >= 15 is 0 Å². The predicted octanol–water partition coefficient (Wildman–Crippen LogP) is 3.68. The molecule has 166 valence electrons. The van der Waals surface area contributed by atoms with Crippen LogP contribution in [0.3, 0.4) is 0 Å². The van der Waals surface area contributed by atoms with E-state index in [0.29, 0.717) is 18.7 Å². The third-order valence-electron chi connectivity index (χ3n) is 6.08. The molecule has 2 aromatic rings. The van der Waals surface area contributed by atoms with E-state index in [1.54, 1.807) is 0 Å². The van der Waals surface area contributed by atoms with Crippen molar-refractivity contribution in [2.75, 3.05) is 44.8 Å². The van der Waals surface area contributed by atoms with Gasteiger partial charge in [0.15, 0.2) is 0 Å². The Bertz CT molecular complexity index is 868. The zero-order chi connectivity index (χ0) is 21.5. The molecule has 2 aliphatic heterocycles. The van der Waals surface area contributed by atoms with E-state index in [1.165, 1.54) is 6.42 Å². The fraction of sp³-hybridized carbons (Fsp3) is 0.480. The first-order chi connectivity index (χ1) is 15.1. The second-order valence-corrected chi connectivity index (χ2v) is 8.76. The maximum Gasteiger partial charge on any atom is 0.251 e. The Morgan fingerprint density at radius 2 is 1.94 bits per heavy atom. The Morgan fingerprint density at radius 1 is 1.13 bits per heavy atom. The summed E-state index contributed by atoms with van der Waals surface area (Å²) in [5, 5.41) is 6.64. The Morgan fingerprint density at radius 3 is 2.74 bits per heavy atom. The van der Waals surface area contributed by atoms with Gasteiger partial charge in [0.25, 0.3) is 5.91 Å². The molecule has 0 aliphatic carbocycles. The summed E-state index contributed by atoms with van der Waals surface area (Å²) in [6, 6.07) is 15.6. The Balaban J connectivity index is 1.29. The maximum absolute atomic E-state index is 12.6. The quantitative estimate of drug-likeness (QED) is 0.634. The Hall–Kier alpha value is -2.57. The van der Waals surface area contributed by atoms with Crippen molar-refractivity contribution in [2.24, 2.45) is 0 Å². The smallest absolute Gasteiger partial charge is 0.251 e. The highest BCUT2D eigenvalue weighted by molar-refractivity contribution is 5.95. The first-order valence-electron chi connectivity index (χ1n) is 11.3. The van der Waals surface area contributed by atoms with E-state index < -0.39 is 0 Å². The van der Waals surface area contributed by atoms with Gasteiger partial charge in [-0.2, -0.15) is 0 Å². The molecule has 1 saturated heterocycles. The van der Waals surface area contributed by atoms with Gasteiger partial charge in [0.1, 0.15) is 12.4 Å². The van der Waals surface area contributed by atoms with Crippen molar-refractivity contribution in [1.82, 2.24) is 10.2 Å². The molecule has 1 fully saturated rings. The normalized spacial score (nSPS) is 20.9. The molecule has 1 amide bonds. The van der Waals surface area contributed by atoms with E-state index in [-0.39, 0.29) is 11.4 Å². The lowest BCUT2D eigenvalue weighted by molar-refractivity contribution is 0.0369. The molecule has 4 rings (SSSR count). The van der Waals surface area contributed by atoms with Gasteiger partial charge in [0.05, 0.1) is 24.4 Å². The number of carbonyl (C=O) groups excluding carboxylic acids is 1. The number of carbonyl (C=O) groups is 1. The monoisotopic (exact) mass is 423 g/mol. The molecule has 0 bridgehead atoms. The minimum Gasteiger partial charge on any atom is -0.489 e. The van der Waals surface area contributed by atoms with Crippen LogP contribution in [0.15, 0.2) is 48.5 Å². The summed E-state index contributed by atoms with van der Waals surface area (Å²) >= 11 is 0. The van der Waals surface area contributed by atoms with Crippen LogP contribution in [0.25, 0.3) is 0 Å². The highest BCUT2D eigenvalue weighted by Crippen LogP contribution is 2.35. The van der Waals surface area contributed by atoms with Crippen molar-refractivity contribution >= 4 is 11.6 Å². The number of amides is 1. The van der Waals surface area contributed by atoms with Gasteiger partial charge in [0.2, 0.25) is 0 Å². The van der Waals surface area contributed by atoms with E-state index in [0.717, 1.165) is 62.7 Å². The van der Waals surface area contributed by atoms with Crippen LogP contribution in [0.1, 0.15) is 42.1 Å². The van der Waals surface area contributed by atoms with Crippen LogP contribution >= 0.6 is 0 Å². The van der Waals surface area contributed by atoms with Gasteiger partial charge in [0, 0.05) is 25.2 Å². The number of rotatable bonds is 8. The summed E-state index contributed by atoms with van der Waals surface area (Å²) in [5.74, 6) is 0.733. The lowest BCUT2D eigenvalue weighted by Gasteiger charge is -2.37. The van der Waals surface area contributed by atoms with Gasteiger partial charge in [-0.15, -0.1) is 0 Å². The van der Waals surface area contributed by atoms with Gasteiger partial charge in [-0.3, -0.25) is 9.69 Å². The SMILES string of the molecule is CC1(CCCCN2CCOCC2)COc2ccc(C(=O)NCc3ccccc3)cc2N1. The molecule has 2 aliphatic rings. The summed E-state index contributed by atoms with van der Waals surface area (Å²) in [4.78, 5) is 15.1. The molecular formula is C25H33N3O3.